The normalized spacial score (nSPS) is 18.8. The summed E-state index contributed by atoms with van der Waals surface area (Å²) in [7, 11) is 0. The zero-order chi connectivity index (χ0) is 20.5. The van der Waals surface area contributed by atoms with Crippen molar-refractivity contribution in [2.45, 2.75) is 57.7 Å². The Morgan fingerprint density at radius 1 is 1.36 bits per heavy atom. The molecule has 0 spiro atoms. The van der Waals surface area contributed by atoms with Crippen LogP contribution in [0.1, 0.15) is 37.6 Å². The molecular weight excluding hydrogens is 392 g/mol. The second-order valence-electron chi connectivity index (χ2n) is 8.21. The van der Waals surface area contributed by atoms with Gasteiger partial charge in [0.25, 0.3) is 0 Å². The number of piperazine rings is 1. The van der Waals surface area contributed by atoms with Crippen LogP contribution < -0.4 is 0 Å². The number of aromatic nitrogens is 2. The highest BCUT2D eigenvalue weighted by atomic mass is 32.2. The highest BCUT2D eigenvalue weighted by Gasteiger charge is 2.29. The van der Waals surface area contributed by atoms with Crippen molar-refractivity contribution in [2.75, 3.05) is 31.9 Å². The van der Waals surface area contributed by atoms with Crippen molar-refractivity contribution in [3.63, 3.8) is 0 Å². The Hall–Kier alpha value is -1.22. The summed E-state index contributed by atoms with van der Waals surface area (Å²) >= 11 is 3.34. The smallest absolute Gasteiger partial charge is 0.223 e. The quantitative estimate of drug-likeness (QED) is 0.570. The number of carbonyl (C=O) groups is 1. The molecule has 2 aromatic rings. The van der Waals surface area contributed by atoms with E-state index in [1.807, 2.05) is 18.7 Å². The van der Waals surface area contributed by atoms with Crippen molar-refractivity contribution in [3.8, 4) is 0 Å². The molecule has 28 heavy (non-hydrogen) atoms. The minimum Gasteiger partial charge on any atom is -0.389 e. The predicted octanol–water partition coefficient (Wildman–Crippen LogP) is 3.09. The van der Waals surface area contributed by atoms with Gasteiger partial charge in [0.2, 0.25) is 5.91 Å². The average Bonchev–Trinajstić information content (AvgIpc) is 2.90. The first-order valence-corrected chi connectivity index (χ1v) is 11.5. The SMILES string of the molecule is Cc1sc2ncnc(SCCC(=O)N3CCN(CC(C)(C)O)[C@@H](C)C3)c2c1C. The predicted molar refractivity (Wildman–Crippen MR) is 116 cm³/mol. The van der Waals surface area contributed by atoms with Gasteiger partial charge in [0.1, 0.15) is 16.2 Å². The molecule has 3 heterocycles. The van der Waals surface area contributed by atoms with Crippen LogP contribution in [0, 0.1) is 13.8 Å². The zero-order valence-corrected chi connectivity index (χ0v) is 19.0. The lowest BCUT2D eigenvalue weighted by Crippen LogP contribution is -2.56. The average molecular weight is 423 g/mol. The molecule has 0 saturated carbocycles. The molecule has 1 fully saturated rings. The fraction of sp³-hybridized carbons (Fsp3) is 0.650. The number of nitrogens with zero attached hydrogens (tertiary/aromatic N) is 4. The lowest BCUT2D eigenvalue weighted by Gasteiger charge is -2.42. The molecule has 0 aliphatic carbocycles. The summed E-state index contributed by atoms with van der Waals surface area (Å²) in [6.45, 7) is 12.9. The van der Waals surface area contributed by atoms with Gasteiger partial charge < -0.3 is 10.0 Å². The fourth-order valence-electron chi connectivity index (χ4n) is 3.61. The lowest BCUT2D eigenvalue weighted by atomic mass is 10.1. The third kappa shape index (κ3) is 5.03. The van der Waals surface area contributed by atoms with E-state index in [1.54, 1.807) is 29.4 Å². The Bertz CT molecular complexity index is 847. The summed E-state index contributed by atoms with van der Waals surface area (Å²) in [5.41, 5.74) is 0.532. The van der Waals surface area contributed by atoms with Crippen LogP contribution in [-0.4, -0.2) is 74.4 Å². The fourth-order valence-corrected chi connectivity index (χ4v) is 5.65. The van der Waals surface area contributed by atoms with Crippen molar-refractivity contribution < 1.29 is 9.90 Å². The summed E-state index contributed by atoms with van der Waals surface area (Å²) in [6, 6.07) is 0.259. The standard InChI is InChI=1S/C20H30N4O2S2/c1-13-10-23(7-8-24(13)11-20(4,5)26)16(25)6-9-27-18-17-14(2)15(3)28-19(17)22-12-21-18/h12-13,26H,6-11H2,1-5H3/t13-/m0/s1. The molecule has 0 aromatic carbocycles. The second kappa shape index (κ2) is 8.65. The zero-order valence-electron chi connectivity index (χ0n) is 17.4. The number of thiophene rings is 1. The number of hydrogen-bond donors (Lipinski definition) is 1. The van der Waals surface area contributed by atoms with Crippen molar-refractivity contribution >= 4 is 39.2 Å². The van der Waals surface area contributed by atoms with E-state index in [4.69, 9.17) is 0 Å². The maximum atomic E-state index is 12.7. The van der Waals surface area contributed by atoms with E-state index in [0.29, 0.717) is 13.0 Å². The molecule has 6 nitrogen and oxygen atoms in total. The summed E-state index contributed by atoms with van der Waals surface area (Å²) in [5, 5.41) is 12.2. The minimum absolute atomic E-state index is 0.200. The summed E-state index contributed by atoms with van der Waals surface area (Å²) in [6.07, 6.45) is 2.13. The second-order valence-corrected chi connectivity index (χ2v) is 10.5. The first-order valence-electron chi connectivity index (χ1n) is 9.73. The molecule has 1 amide bonds. The van der Waals surface area contributed by atoms with Crippen LogP contribution in [0.5, 0.6) is 0 Å². The number of aryl methyl sites for hydroxylation is 2. The molecule has 0 unspecified atom stereocenters. The van der Waals surface area contributed by atoms with Gasteiger partial charge in [-0.05, 0) is 40.2 Å². The van der Waals surface area contributed by atoms with E-state index < -0.39 is 5.60 Å². The summed E-state index contributed by atoms with van der Waals surface area (Å²) in [5.74, 6) is 0.920. The van der Waals surface area contributed by atoms with Crippen LogP contribution in [0.25, 0.3) is 10.2 Å². The molecule has 2 aromatic heterocycles. The number of β-amino-alcohol motifs (C(OH)–C–C–N with tert-alkyl or cyclic N) is 1. The molecular formula is C20H30N4O2S2. The first-order chi connectivity index (χ1) is 13.2. The summed E-state index contributed by atoms with van der Waals surface area (Å²) in [4.78, 5) is 28.0. The van der Waals surface area contributed by atoms with E-state index >= 15 is 0 Å². The maximum absolute atomic E-state index is 12.7. The Kier molecular flexibility index (Phi) is 6.64. The highest BCUT2D eigenvalue weighted by molar-refractivity contribution is 7.99. The third-order valence-electron chi connectivity index (χ3n) is 5.19. The van der Waals surface area contributed by atoms with Gasteiger partial charge in [0.05, 0.1) is 5.60 Å². The molecule has 3 rings (SSSR count). The number of thioether (sulfide) groups is 1. The van der Waals surface area contributed by atoms with Gasteiger partial charge >= 0.3 is 0 Å². The molecule has 8 heteroatoms. The first kappa shape index (κ1) is 21.5. The van der Waals surface area contributed by atoms with Gasteiger partial charge in [-0.25, -0.2) is 9.97 Å². The Labute approximate surface area is 175 Å². The van der Waals surface area contributed by atoms with Crippen molar-refractivity contribution in [1.29, 1.82) is 0 Å². The van der Waals surface area contributed by atoms with Crippen LogP contribution >= 0.6 is 23.1 Å². The van der Waals surface area contributed by atoms with Crippen LogP contribution in [0.3, 0.4) is 0 Å². The van der Waals surface area contributed by atoms with Gasteiger partial charge in [-0.2, -0.15) is 0 Å². The Morgan fingerprint density at radius 2 is 2.11 bits per heavy atom. The van der Waals surface area contributed by atoms with E-state index in [-0.39, 0.29) is 11.9 Å². The number of hydrogen-bond acceptors (Lipinski definition) is 7. The minimum atomic E-state index is -0.710. The number of carbonyl (C=O) groups excluding carboxylic acids is 1. The van der Waals surface area contributed by atoms with Gasteiger partial charge in [0.15, 0.2) is 0 Å². The molecule has 154 valence electrons. The van der Waals surface area contributed by atoms with Crippen LogP contribution in [-0.2, 0) is 4.79 Å². The number of rotatable bonds is 6. The highest BCUT2D eigenvalue weighted by Crippen LogP contribution is 2.34. The van der Waals surface area contributed by atoms with Gasteiger partial charge in [-0.3, -0.25) is 9.69 Å². The van der Waals surface area contributed by atoms with E-state index in [1.165, 1.54) is 10.4 Å². The maximum Gasteiger partial charge on any atom is 0.223 e. The van der Waals surface area contributed by atoms with Crippen LogP contribution in [0.15, 0.2) is 11.4 Å². The Balaban J connectivity index is 1.53. The monoisotopic (exact) mass is 422 g/mol. The van der Waals surface area contributed by atoms with Gasteiger partial charge in [0, 0.05) is 54.7 Å². The van der Waals surface area contributed by atoms with E-state index in [2.05, 4.69) is 35.6 Å². The van der Waals surface area contributed by atoms with E-state index in [9.17, 15) is 9.90 Å². The molecule has 1 saturated heterocycles. The molecule has 1 aliphatic rings. The molecule has 1 aliphatic heterocycles. The van der Waals surface area contributed by atoms with Crippen molar-refractivity contribution in [1.82, 2.24) is 19.8 Å². The van der Waals surface area contributed by atoms with Crippen molar-refractivity contribution in [2.24, 2.45) is 0 Å². The lowest BCUT2D eigenvalue weighted by molar-refractivity contribution is -0.134. The van der Waals surface area contributed by atoms with Crippen molar-refractivity contribution in [3.05, 3.63) is 16.8 Å². The Morgan fingerprint density at radius 3 is 2.79 bits per heavy atom. The van der Waals surface area contributed by atoms with Gasteiger partial charge in [-0.15, -0.1) is 23.1 Å². The molecule has 1 atom stereocenters. The number of fused-ring (bicyclic) bond motifs is 1. The largest absolute Gasteiger partial charge is 0.389 e. The number of aliphatic hydroxyl groups is 1. The van der Waals surface area contributed by atoms with Gasteiger partial charge in [-0.1, -0.05) is 0 Å². The van der Waals surface area contributed by atoms with E-state index in [0.717, 1.165) is 40.6 Å². The number of amides is 1. The molecule has 0 radical (unpaired) electrons. The molecule has 1 N–H and O–H groups in total. The van der Waals surface area contributed by atoms with Crippen LogP contribution in [0.2, 0.25) is 0 Å². The molecule has 0 bridgehead atoms. The third-order valence-corrected chi connectivity index (χ3v) is 7.30. The summed E-state index contributed by atoms with van der Waals surface area (Å²) < 4.78 is 0. The topological polar surface area (TPSA) is 69.6 Å². The van der Waals surface area contributed by atoms with Crippen LogP contribution in [0.4, 0.5) is 0 Å².